The molecule has 3 aromatic rings. The van der Waals surface area contributed by atoms with Gasteiger partial charge in [0.15, 0.2) is 11.3 Å². The number of benzene rings is 1. The molecule has 10 nitrogen and oxygen atoms in total. The van der Waals surface area contributed by atoms with Crippen molar-refractivity contribution >= 4 is 17.2 Å². The van der Waals surface area contributed by atoms with Crippen molar-refractivity contribution in [2.45, 2.75) is 6.54 Å². The molecule has 2 N–H and O–H groups in total. The molecule has 2 aromatic heterocycles. The number of rotatable bonds is 6. The molecule has 0 aliphatic heterocycles. The lowest BCUT2D eigenvalue weighted by Gasteiger charge is -2.19. The van der Waals surface area contributed by atoms with Crippen LogP contribution in [0.25, 0.3) is 5.65 Å². The summed E-state index contributed by atoms with van der Waals surface area (Å²) in [4.78, 5) is 29.4. The van der Waals surface area contributed by atoms with Crippen LogP contribution in [0.3, 0.4) is 0 Å². The number of carbonyl (C=O) groups is 1. The molecule has 0 saturated heterocycles. The van der Waals surface area contributed by atoms with Gasteiger partial charge in [0.1, 0.15) is 12.1 Å². The largest absolute Gasteiger partial charge is 0.497 e. The van der Waals surface area contributed by atoms with Gasteiger partial charge in [-0.05, 0) is 24.3 Å². The molecule has 2 heterocycles. The van der Waals surface area contributed by atoms with Crippen LogP contribution in [0.2, 0.25) is 0 Å². The number of fused-ring (bicyclic) bond motifs is 1. The van der Waals surface area contributed by atoms with Gasteiger partial charge in [-0.1, -0.05) is 5.21 Å². The Bertz CT molecular complexity index is 961. The van der Waals surface area contributed by atoms with Crippen molar-refractivity contribution in [2.75, 3.05) is 25.6 Å². The first-order valence-electron chi connectivity index (χ1n) is 7.47. The summed E-state index contributed by atoms with van der Waals surface area (Å²) in [5.41, 5.74) is 5.70. The van der Waals surface area contributed by atoms with Gasteiger partial charge in [0.2, 0.25) is 0 Å². The van der Waals surface area contributed by atoms with Gasteiger partial charge in [-0.25, -0.2) is 14.2 Å². The standard InChI is InChI=1S/C15H17N7O3/c1-20(10-3-5-11(25-2)6-4-10)7-8-22-15(24)21-9-17-12(13(16)23)14(21)18-19-22/h3-6,9H,7-8H2,1-2H3,(H2,16,23). The zero-order valence-electron chi connectivity index (χ0n) is 13.8. The van der Waals surface area contributed by atoms with E-state index in [0.717, 1.165) is 15.8 Å². The van der Waals surface area contributed by atoms with Crippen LogP contribution in [0.15, 0.2) is 35.4 Å². The van der Waals surface area contributed by atoms with E-state index in [1.165, 1.54) is 11.0 Å². The van der Waals surface area contributed by atoms with Crippen LogP contribution in [0, 0.1) is 0 Å². The van der Waals surface area contributed by atoms with E-state index in [-0.39, 0.29) is 11.3 Å². The zero-order chi connectivity index (χ0) is 18.0. The Morgan fingerprint density at radius 1 is 1.32 bits per heavy atom. The molecule has 0 radical (unpaired) electrons. The van der Waals surface area contributed by atoms with Gasteiger partial charge >= 0.3 is 5.69 Å². The Kier molecular flexibility index (Phi) is 4.33. The summed E-state index contributed by atoms with van der Waals surface area (Å²) in [7, 11) is 3.51. The summed E-state index contributed by atoms with van der Waals surface area (Å²) >= 11 is 0. The molecule has 0 bridgehead atoms. The third-order valence-corrected chi connectivity index (χ3v) is 3.81. The number of hydrogen-bond acceptors (Lipinski definition) is 7. The molecule has 130 valence electrons. The fourth-order valence-electron chi connectivity index (χ4n) is 2.36. The number of primary amides is 1. The van der Waals surface area contributed by atoms with E-state index in [1.807, 2.05) is 36.2 Å². The number of ether oxygens (including phenoxy) is 1. The number of likely N-dealkylation sites (N-methyl/N-ethyl adjacent to an activating group) is 1. The van der Waals surface area contributed by atoms with Crippen LogP contribution in [-0.2, 0) is 6.54 Å². The topological polar surface area (TPSA) is 121 Å². The number of imidazole rings is 1. The summed E-state index contributed by atoms with van der Waals surface area (Å²) in [5, 5.41) is 7.73. The molecule has 0 spiro atoms. The molecule has 0 atom stereocenters. The molecule has 0 fully saturated rings. The van der Waals surface area contributed by atoms with Gasteiger partial charge in [-0.2, -0.15) is 4.68 Å². The average molecular weight is 343 g/mol. The van der Waals surface area contributed by atoms with E-state index in [9.17, 15) is 9.59 Å². The second-order valence-corrected chi connectivity index (χ2v) is 5.37. The van der Waals surface area contributed by atoms with Crippen LogP contribution in [0.4, 0.5) is 5.69 Å². The minimum Gasteiger partial charge on any atom is -0.497 e. The summed E-state index contributed by atoms with van der Waals surface area (Å²) in [6.07, 6.45) is 1.22. The van der Waals surface area contributed by atoms with Crippen molar-refractivity contribution in [3.05, 3.63) is 46.8 Å². The second-order valence-electron chi connectivity index (χ2n) is 5.37. The van der Waals surface area contributed by atoms with Crippen molar-refractivity contribution in [3.8, 4) is 5.75 Å². The van der Waals surface area contributed by atoms with Gasteiger partial charge in [-0.15, -0.1) is 5.10 Å². The SMILES string of the molecule is COc1ccc(N(C)CCn2nnc3c(C(N)=O)ncn3c2=O)cc1. The Morgan fingerprint density at radius 3 is 2.68 bits per heavy atom. The number of anilines is 1. The number of amides is 1. The van der Waals surface area contributed by atoms with E-state index >= 15 is 0 Å². The number of carbonyl (C=O) groups excluding carboxylic acids is 1. The summed E-state index contributed by atoms with van der Waals surface area (Å²) in [6, 6.07) is 7.57. The highest BCUT2D eigenvalue weighted by atomic mass is 16.5. The van der Waals surface area contributed by atoms with E-state index in [0.29, 0.717) is 13.1 Å². The molecule has 1 aromatic carbocycles. The minimum absolute atomic E-state index is 0.0530. The summed E-state index contributed by atoms with van der Waals surface area (Å²) in [5.74, 6) is 0.0169. The molecule has 25 heavy (non-hydrogen) atoms. The van der Waals surface area contributed by atoms with E-state index in [1.54, 1.807) is 7.11 Å². The van der Waals surface area contributed by atoms with Gasteiger partial charge in [0.05, 0.1) is 13.7 Å². The number of hydrogen-bond donors (Lipinski definition) is 1. The maximum atomic E-state index is 12.4. The molecular weight excluding hydrogens is 326 g/mol. The number of aromatic nitrogens is 5. The quantitative estimate of drug-likeness (QED) is 0.642. The number of nitrogens with zero attached hydrogens (tertiary/aromatic N) is 6. The van der Waals surface area contributed by atoms with Crippen molar-refractivity contribution in [1.82, 2.24) is 24.4 Å². The highest BCUT2D eigenvalue weighted by Gasteiger charge is 2.15. The fourth-order valence-corrected chi connectivity index (χ4v) is 2.36. The average Bonchev–Trinajstić information content (AvgIpc) is 3.06. The molecule has 10 heteroatoms. The van der Waals surface area contributed by atoms with Crippen molar-refractivity contribution in [1.29, 1.82) is 0 Å². The second kappa shape index (κ2) is 6.59. The Hall–Kier alpha value is -3.43. The molecule has 0 aliphatic rings. The summed E-state index contributed by atoms with van der Waals surface area (Å²) in [6.45, 7) is 0.845. The lowest BCUT2D eigenvalue weighted by molar-refractivity contribution is 0.0997. The van der Waals surface area contributed by atoms with Crippen molar-refractivity contribution < 1.29 is 9.53 Å². The first-order valence-corrected chi connectivity index (χ1v) is 7.47. The maximum Gasteiger partial charge on any atom is 0.353 e. The van der Waals surface area contributed by atoms with E-state index in [4.69, 9.17) is 10.5 Å². The molecule has 3 rings (SSSR count). The lowest BCUT2D eigenvalue weighted by Crippen LogP contribution is -2.34. The zero-order valence-corrected chi connectivity index (χ0v) is 13.8. The van der Waals surface area contributed by atoms with Crippen LogP contribution in [0.1, 0.15) is 10.5 Å². The van der Waals surface area contributed by atoms with Gasteiger partial charge in [0.25, 0.3) is 5.91 Å². The fraction of sp³-hybridized carbons (Fsp3) is 0.267. The van der Waals surface area contributed by atoms with Gasteiger partial charge in [0, 0.05) is 19.3 Å². The number of nitrogens with two attached hydrogens (primary N) is 1. The Balaban J connectivity index is 1.77. The van der Waals surface area contributed by atoms with Crippen LogP contribution in [-0.4, -0.2) is 51.0 Å². The van der Waals surface area contributed by atoms with Crippen molar-refractivity contribution in [3.63, 3.8) is 0 Å². The summed E-state index contributed by atoms with van der Waals surface area (Å²) < 4.78 is 7.49. The highest BCUT2D eigenvalue weighted by molar-refractivity contribution is 5.96. The van der Waals surface area contributed by atoms with Crippen LogP contribution in [0.5, 0.6) is 5.75 Å². The monoisotopic (exact) mass is 343 g/mol. The highest BCUT2D eigenvalue weighted by Crippen LogP contribution is 2.17. The smallest absolute Gasteiger partial charge is 0.353 e. The third-order valence-electron chi connectivity index (χ3n) is 3.81. The predicted octanol–water partition coefficient (Wildman–Crippen LogP) is -0.470. The molecule has 0 aliphatic carbocycles. The van der Waals surface area contributed by atoms with Gasteiger partial charge in [-0.3, -0.25) is 4.79 Å². The van der Waals surface area contributed by atoms with E-state index < -0.39 is 11.6 Å². The first kappa shape index (κ1) is 16.4. The van der Waals surface area contributed by atoms with Crippen molar-refractivity contribution in [2.24, 2.45) is 5.73 Å². The number of methoxy groups -OCH3 is 1. The normalized spacial score (nSPS) is 10.8. The first-order chi connectivity index (χ1) is 12.0. The molecule has 0 saturated carbocycles. The third kappa shape index (κ3) is 3.13. The predicted molar refractivity (Wildman–Crippen MR) is 89.8 cm³/mol. The van der Waals surface area contributed by atoms with Crippen LogP contribution < -0.4 is 21.1 Å². The molecule has 1 amide bonds. The van der Waals surface area contributed by atoms with Gasteiger partial charge < -0.3 is 15.4 Å². The maximum absolute atomic E-state index is 12.4. The lowest BCUT2D eigenvalue weighted by atomic mass is 10.3. The van der Waals surface area contributed by atoms with E-state index in [2.05, 4.69) is 15.3 Å². The van der Waals surface area contributed by atoms with Crippen LogP contribution >= 0.6 is 0 Å². The Labute approximate surface area is 142 Å². The Morgan fingerprint density at radius 2 is 2.04 bits per heavy atom. The molecular formula is C15H17N7O3. The molecule has 0 unspecified atom stereocenters. The minimum atomic E-state index is -0.756.